The molecule has 2 N–H and O–H groups in total. The van der Waals surface area contributed by atoms with Crippen LogP contribution in [0.3, 0.4) is 0 Å². The summed E-state index contributed by atoms with van der Waals surface area (Å²) in [4.78, 5) is 90.7. The molecule has 3 heterocycles. The van der Waals surface area contributed by atoms with Gasteiger partial charge in [0.15, 0.2) is 0 Å². The van der Waals surface area contributed by atoms with E-state index in [0.29, 0.717) is 41.6 Å². The molecule has 2 aliphatic rings. The number of carbonyl (C=O) groups is 5. The summed E-state index contributed by atoms with van der Waals surface area (Å²) >= 11 is 0. The third-order valence-corrected chi connectivity index (χ3v) is 5.49. The second-order valence-corrected chi connectivity index (χ2v) is 7.89. The van der Waals surface area contributed by atoms with E-state index in [9.17, 15) is 33.6 Å². The molecule has 0 bridgehead atoms. The number of nitrogens with one attached hydrogen (secondary N) is 2. The van der Waals surface area contributed by atoms with Gasteiger partial charge in [0, 0.05) is 43.8 Å². The van der Waals surface area contributed by atoms with Crippen molar-refractivity contribution >= 4 is 35.3 Å². The fourth-order valence-electron chi connectivity index (χ4n) is 3.78. The lowest BCUT2D eigenvalue weighted by Gasteiger charge is -2.15. The SMILES string of the molecule is O=C(CCCCCNc1cccc2c1C(=O)N(n1ccc(=O)[nH]c1=O)C2=O)ON1C(=O)CCC1=O. The lowest BCUT2D eigenvalue weighted by Crippen LogP contribution is -2.48. The Hall–Kier alpha value is -4.55. The number of imide groups is 2. The van der Waals surface area contributed by atoms with Crippen LogP contribution in [0.25, 0.3) is 0 Å². The van der Waals surface area contributed by atoms with Gasteiger partial charge < -0.3 is 10.2 Å². The highest BCUT2D eigenvalue weighted by molar-refractivity contribution is 6.32. The van der Waals surface area contributed by atoms with E-state index in [4.69, 9.17) is 4.84 Å². The topological polar surface area (TPSA) is 168 Å². The van der Waals surface area contributed by atoms with Crippen LogP contribution in [0.1, 0.15) is 59.2 Å². The van der Waals surface area contributed by atoms with Gasteiger partial charge in [-0.3, -0.25) is 29.0 Å². The quantitative estimate of drug-likeness (QED) is 0.370. The van der Waals surface area contributed by atoms with Gasteiger partial charge in [-0.15, -0.1) is 5.06 Å². The van der Waals surface area contributed by atoms with Crippen LogP contribution in [0.2, 0.25) is 0 Å². The number of aromatic nitrogens is 2. The molecule has 0 unspecified atom stereocenters. The molecule has 1 aromatic carbocycles. The molecule has 2 aromatic rings. The number of H-pyrrole nitrogens is 1. The third kappa shape index (κ3) is 4.74. The number of aromatic amines is 1. The highest BCUT2D eigenvalue weighted by Crippen LogP contribution is 2.28. The zero-order valence-corrected chi connectivity index (χ0v) is 18.4. The van der Waals surface area contributed by atoms with Crippen LogP contribution in [0.4, 0.5) is 5.69 Å². The van der Waals surface area contributed by atoms with Crippen molar-refractivity contribution in [1.82, 2.24) is 14.7 Å². The molecule has 1 fully saturated rings. The minimum atomic E-state index is -0.918. The number of amides is 4. The van der Waals surface area contributed by atoms with Gasteiger partial charge in [0.2, 0.25) is 0 Å². The van der Waals surface area contributed by atoms with Gasteiger partial charge in [-0.1, -0.05) is 12.5 Å². The van der Waals surface area contributed by atoms with Crippen LogP contribution < -0.4 is 21.6 Å². The highest BCUT2D eigenvalue weighted by atomic mass is 16.7. The Balaban J connectivity index is 1.30. The lowest BCUT2D eigenvalue weighted by molar-refractivity contribution is -0.197. The van der Waals surface area contributed by atoms with Crippen LogP contribution >= 0.6 is 0 Å². The van der Waals surface area contributed by atoms with E-state index in [2.05, 4.69) is 5.32 Å². The summed E-state index contributed by atoms with van der Waals surface area (Å²) in [5.74, 6) is -3.13. The molecular weight excluding hydrogens is 462 g/mol. The first-order valence-corrected chi connectivity index (χ1v) is 10.9. The molecule has 0 saturated carbocycles. The van der Waals surface area contributed by atoms with Gasteiger partial charge in [-0.25, -0.2) is 9.59 Å². The maximum atomic E-state index is 13.0. The fraction of sp³-hybridized carbons (Fsp3) is 0.318. The molecule has 4 rings (SSSR count). The zero-order chi connectivity index (χ0) is 25.1. The summed E-state index contributed by atoms with van der Waals surface area (Å²) in [6.45, 7) is 0.425. The van der Waals surface area contributed by atoms with Crippen LogP contribution in [-0.4, -0.2) is 50.9 Å². The average molecular weight is 483 g/mol. The molecule has 0 radical (unpaired) electrons. The summed E-state index contributed by atoms with van der Waals surface area (Å²) in [5.41, 5.74) is -0.938. The first kappa shape index (κ1) is 23.6. The first-order chi connectivity index (χ1) is 16.8. The van der Waals surface area contributed by atoms with E-state index in [1.54, 1.807) is 12.1 Å². The van der Waals surface area contributed by atoms with Crippen molar-refractivity contribution < 1.29 is 28.8 Å². The van der Waals surface area contributed by atoms with Gasteiger partial charge >= 0.3 is 11.7 Å². The predicted octanol–water partition coefficient (Wildman–Crippen LogP) is 0.0483. The summed E-state index contributed by atoms with van der Waals surface area (Å²) in [6.07, 6.45) is 2.85. The smallest absolute Gasteiger partial charge is 0.347 e. The molecule has 1 aromatic heterocycles. The van der Waals surface area contributed by atoms with Crippen molar-refractivity contribution in [3.05, 3.63) is 62.4 Å². The summed E-state index contributed by atoms with van der Waals surface area (Å²) in [6, 6.07) is 5.73. The van der Waals surface area contributed by atoms with Crippen molar-refractivity contribution in [2.24, 2.45) is 0 Å². The third-order valence-electron chi connectivity index (χ3n) is 5.49. The van der Waals surface area contributed by atoms with Gasteiger partial charge in [-0.05, 0) is 25.0 Å². The Labute approximate surface area is 197 Å². The van der Waals surface area contributed by atoms with E-state index < -0.39 is 40.8 Å². The number of hydrogen-bond acceptors (Lipinski definition) is 9. The zero-order valence-electron chi connectivity index (χ0n) is 18.4. The van der Waals surface area contributed by atoms with Crippen molar-refractivity contribution in [1.29, 1.82) is 0 Å². The largest absolute Gasteiger partial charge is 0.384 e. The van der Waals surface area contributed by atoms with Gasteiger partial charge in [0.05, 0.1) is 11.1 Å². The van der Waals surface area contributed by atoms with E-state index in [-0.39, 0.29) is 30.4 Å². The van der Waals surface area contributed by atoms with Crippen molar-refractivity contribution in [2.75, 3.05) is 16.9 Å². The fourth-order valence-corrected chi connectivity index (χ4v) is 3.78. The number of carbonyl (C=O) groups excluding carboxylic acids is 5. The standard InChI is InChI=1S/C22H21N5O8/c28-15-10-12-25(22(34)24-15)26-20(32)13-5-4-6-14(19(13)21(26)33)23-11-3-1-2-7-18(31)35-27-16(29)8-9-17(27)30/h4-6,10,12,23H,1-3,7-9,11H2,(H,24,28,34). The van der Waals surface area contributed by atoms with Crippen LogP contribution in [-0.2, 0) is 19.2 Å². The van der Waals surface area contributed by atoms with Gasteiger partial charge in [-0.2, -0.15) is 9.69 Å². The molecule has 0 atom stereocenters. The predicted molar refractivity (Wildman–Crippen MR) is 119 cm³/mol. The minimum Gasteiger partial charge on any atom is -0.384 e. The van der Waals surface area contributed by atoms with Gasteiger partial charge in [0.1, 0.15) is 0 Å². The van der Waals surface area contributed by atoms with Crippen LogP contribution in [0.5, 0.6) is 0 Å². The molecule has 1 saturated heterocycles. The molecule has 182 valence electrons. The molecule has 13 nitrogen and oxygen atoms in total. The molecule has 2 aliphatic heterocycles. The number of hydrogen-bond donors (Lipinski definition) is 2. The Bertz CT molecular complexity index is 1330. The highest BCUT2D eigenvalue weighted by Gasteiger charge is 2.39. The maximum absolute atomic E-state index is 13.0. The summed E-state index contributed by atoms with van der Waals surface area (Å²) < 4.78 is 0.748. The van der Waals surface area contributed by atoms with Crippen molar-refractivity contribution in [3.8, 4) is 0 Å². The number of unbranched alkanes of at least 4 members (excludes halogenated alkanes) is 2. The average Bonchev–Trinajstić information content (AvgIpc) is 3.27. The number of hydroxylamine groups is 2. The molecular formula is C22H21N5O8. The van der Waals surface area contributed by atoms with Crippen molar-refractivity contribution in [3.63, 3.8) is 0 Å². The molecule has 0 spiro atoms. The van der Waals surface area contributed by atoms with E-state index in [1.165, 1.54) is 6.07 Å². The summed E-state index contributed by atoms with van der Waals surface area (Å²) in [7, 11) is 0. The maximum Gasteiger partial charge on any atom is 0.347 e. The van der Waals surface area contributed by atoms with E-state index in [0.717, 1.165) is 16.9 Å². The Kier molecular flexibility index (Phi) is 6.57. The first-order valence-electron chi connectivity index (χ1n) is 10.9. The molecule has 4 amide bonds. The van der Waals surface area contributed by atoms with Crippen LogP contribution in [0, 0.1) is 0 Å². The number of rotatable bonds is 9. The number of nitrogens with zero attached hydrogens (tertiary/aromatic N) is 3. The van der Waals surface area contributed by atoms with E-state index in [1.807, 2.05) is 4.98 Å². The van der Waals surface area contributed by atoms with Crippen LogP contribution in [0.15, 0.2) is 40.1 Å². The Morgan fingerprint density at radius 1 is 0.943 bits per heavy atom. The van der Waals surface area contributed by atoms with Crippen molar-refractivity contribution in [2.45, 2.75) is 38.5 Å². The van der Waals surface area contributed by atoms with E-state index >= 15 is 0 Å². The van der Waals surface area contributed by atoms with Gasteiger partial charge in [0.25, 0.3) is 29.2 Å². The second kappa shape index (κ2) is 9.75. The molecule has 35 heavy (non-hydrogen) atoms. The Morgan fingerprint density at radius 2 is 1.69 bits per heavy atom. The monoisotopic (exact) mass is 483 g/mol. The normalized spacial score (nSPS) is 15.1. The summed E-state index contributed by atoms with van der Waals surface area (Å²) in [5, 5.41) is 4.27. The Morgan fingerprint density at radius 3 is 2.40 bits per heavy atom. The second-order valence-electron chi connectivity index (χ2n) is 7.89. The number of fused-ring (bicyclic) bond motifs is 1. The minimum absolute atomic E-state index is 0.0354. The lowest BCUT2D eigenvalue weighted by atomic mass is 10.1. The number of anilines is 1. The number of benzene rings is 1. The molecule has 0 aliphatic carbocycles. The molecule has 13 heteroatoms.